The SMILES string of the molecule is C=CCC[N+](CC)(CC)Cc1ccccc1.F[B-](F)(F)F. The third-order valence-electron chi connectivity index (χ3n) is 3.51. The number of benzene rings is 1. The molecule has 1 rings (SSSR count). The van der Waals surface area contributed by atoms with Gasteiger partial charge in [0.1, 0.15) is 6.54 Å². The minimum absolute atomic E-state index is 1.11. The first-order chi connectivity index (χ1) is 9.76. The number of hydrogen-bond acceptors (Lipinski definition) is 0. The maximum atomic E-state index is 9.75. The van der Waals surface area contributed by atoms with E-state index in [0.29, 0.717) is 0 Å². The zero-order valence-electron chi connectivity index (χ0n) is 12.7. The Morgan fingerprint density at radius 1 is 1.05 bits per heavy atom. The van der Waals surface area contributed by atoms with Gasteiger partial charge in [0.15, 0.2) is 0 Å². The van der Waals surface area contributed by atoms with Gasteiger partial charge in [0.2, 0.25) is 0 Å². The average molecular weight is 305 g/mol. The molecular formula is C15H24BF4N. The number of halogens is 4. The molecule has 1 aromatic carbocycles. The Morgan fingerprint density at radius 3 is 1.90 bits per heavy atom. The molecule has 0 N–H and O–H groups in total. The molecule has 0 aliphatic carbocycles. The summed E-state index contributed by atoms with van der Waals surface area (Å²) in [6.45, 7) is 13.1. The summed E-state index contributed by atoms with van der Waals surface area (Å²) in [6, 6.07) is 10.8. The van der Waals surface area contributed by atoms with E-state index in [-0.39, 0.29) is 0 Å². The molecule has 0 fully saturated rings. The molecule has 0 aromatic heterocycles. The maximum absolute atomic E-state index is 9.75. The van der Waals surface area contributed by atoms with Crippen LogP contribution in [-0.2, 0) is 6.54 Å². The summed E-state index contributed by atoms with van der Waals surface area (Å²) in [7, 11) is -6.00. The quantitative estimate of drug-likeness (QED) is 0.290. The molecule has 0 unspecified atom stereocenters. The van der Waals surface area contributed by atoms with Gasteiger partial charge in [-0.3, -0.25) is 0 Å². The smallest absolute Gasteiger partial charge is 0.418 e. The molecule has 0 amide bonds. The van der Waals surface area contributed by atoms with Crippen molar-refractivity contribution in [2.75, 3.05) is 19.6 Å². The van der Waals surface area contributed by atoms with Crippen LogP contribution in [-0.4, -0.2) is 31.4 Å². The molecule has 0 aliphatic rings. The van der Waals surface area contributed by atoms with Crippen molar-refractivity contribution in [3.05, 3.63) is 48.6 Å². The van der Waals surface area contributed by atoms with E-state index in [9.17, 15) is 17.3 Å². The van der Waals surface area contributed by atoms with Crippen LogP contribution in [0, 0.1) is 0 Å². The normalized spacial score (nSPS) is 11.5. The molecular weight excluding hydrogens is 281 g/mol. The molecule has 21 heavy (non-hydrogen) atoms. The van der Waals surface area contributed by atoms with Crippen molar-refractivity contribution < 1.29 is 21.7 Å². The zero-order valence-corrected chi connectivity index (χ0v) is 12.7. The lowest BCUT2D eigenvalue weighted by Crippen LogP contribution is -2.47. The van der Waals surface area contributed by atoms with Crippen LogP contribution < -0.4 is 0 Å². The van der Waals surface area contributed by atoms with Crippen molar-refractivity contribution in [1.29, 1.82) is 0 Å². The highest BCUT2D eigenvalue weighted by Crippen LogP contribution is 2.15. The maximum Gasteiger partial charge on any atom is 0.673 e. The van der Waals surface area contributed by atoms with Gasteiger partial charge in [-0.1, -0.05) is 36.4 Å². The molecule has 6 heteroatoms. The van der Waals surface area contributed by atoms with Gasteiger partial charge in [-0.15, -0.1) is 6.58 Å². The monoisotopic (exact) mass is 305 g/mol. The van der Waals surface area contributed by atoms with Crippen molar-refractivity contribution >= 4 is 7.25 Å². The van der Waals surface area contributed by atoms with E-state index >= 15 is 0 Å². The molecule has 0 spiro atoms. The highest BCUT2D eigenvalue weighted by molar-refractivity contribution is 6.50. The van der Waals surface area contributed by atoms with E-state index < -0.39 is 7.25 Å². The number of quaternary nitrogens is 1. The van der Waals surface area contributed by atoms with Crippen molar-refractivity contribution in [3.63, 3.8) is 0 Å². The molecule has 0 aliphatic heterocycles. The first kappa shape index (κ1) is 19.7. The second-order valence-electron chi connectivity index (χ2n) is 4.91. The Balaban J connectivity index is 0.000000690. The summed E-state index contributed by atoms with van der Waals surface area (Å²) in [6.07, 6.45) is 3.14. The van der Waals surface area contributed by atoms with Crippen LogP contribution in [0.3, 0.4) is 0 Å². The molecule has 0 bridgehead atoms. The number of rotatable bonds is 7. The Hall–Kier alpha value is -1.30. The fourth-order valence-electron chi connectivity index (χ4n) is 2.18. The van der Waals surface area contributed by atoms with Gasteiger partial charge in [-0.2, -0.15) is 0 Å². The topological polar surface area (TPSA) is 0 Å². The van der Waals surface area contributed by atoms with Gasteiger partial charge in [0, 0.05) is 12.0 Å². The van der Waals surface area contributed by atoms with Crippen LogP contribution in [0.5, 0.6) is 0 Å². The van der Waals surface area contributed by atoms with Crippen molar-refractivity contribution in [3.8, 4) is 0 Å². The van der Waals surface area contributed by atoms with E-state index in [1.54, 1.807) is 0 Å². The van der Waals surface area contributed by atoms with Crippen LogP contribution in [0.15, 0.2) is 43.0 Å². The van der Waals surface area contributed by atoms with Crippen LogP contribution in [0.1, 0.15) is 25.8 Å². The van der Waals surface area contributed by atoms with Crippen molar-refractivity contribution in [2.24, 2.45) is 0 Å². The van der Waals surface area contributed by atoms with Crippen molar-refractivity contribution in [2.45, 2.75) is 26.8 Å². The van der Waals surface area contributed by atoms with Gasteiger partial charge >= 0.3 is 7.25 Å². The summed E-state index contributed by atoms with van der Waals surface area (Å²) in [5.41, 5.74) is 1.44. The third kappa shape index (κ3) is 10.1. The predicted octanol–water partition coefficient (Wildman–Crippen LogP) is 4.92. The zero-order chi connectivity index (χ0) is 16.4. The Morgan fingerprint density at radius 2 is 1.52 bits per heavy atom. The molecule has 0 atom stereocenters. The summed E-state index contributed by atoms with van der Waals surface area (Å²) in [5.74, 6) is 0. The van der Waals surface area contributed by atoms with Crippen LogP contribution in [0.2, 0.25) is 0 Å². The highest BCUT2D eigenvalue weighted by atomic mass is 19.5. The lowest BCUT2D eigenvalue weighted by Gasteiger charge is -2.36. The average Bonchev–Trinajstić information content (AvgIpc) is 2.43. The molecule has 0 saturated carbocycles. The summed E-state index contributed by atoms with van der Waals surface area (Å²) in [4.78, 5) is 0. The lowest BCUT2D eigenvalue weighted by molar-refractivity contribution is -0.937. The van der Waals surface area contributed by atoms with Crippen LogP contribution in [0.25, 0.3) is 0 Å². The Labute approximate surface area is 125 Å². The molecule has 0 saturated heterocycles. The second-order valence-corrected chi connectivity index (χ2v) is 4.91. The third-order valence-corrected chi connectivity index (χ3v) is 3.51. The Kier molecular flexibility index (Phi) is 9.01. The van der Waals surface area contributed by atoms with Crippen LogP contribution in [0.4, 0.5) is 17.3 Å². The van der Waals surface area contributed by atoms with Gasteiger partial charge in [-0.25, -0.2) is 0 Å². The molecule has 1 aromatic rings. The standard InChI is InChI=1S/C15H24N.BF4/c1-4-7-13-16(5-2,6-3)14-15-11-9-8-10-12-15;2-1(3,4)5/h4,8-12H,1,5-7,13-14H2,2-3H3;/q+1;-1. The largest absolute Gasteiger partial charge is 0.673 e. The summed E-state index contributed by atoms with van der Waals surface area (Å²) < 4.78 is 40.2. The first-order valence-electron chi connectivity index (χ1n) is 7.13. The van der Waals surface area contributed by atoms with Crippen LogP contribution >= 0.6 is 0 Å². The van der Waals surface area contributed by atoms with Gasteiger partial charge < -0.3 is 21.7 Å². The molecule has 120 valence electrons. The fraction of sp³-hybridized carbons (Fsp3) is 0.467. The number of hydrogen-bond donors (Lipinski definition) is 0. The highest BCUT2D eigenvalue weighted by Gasteiger charge is 2.22. The molecule has 0 radical (unpaired) electrons. The van der Waals surface area contributed by atoms with E-state index in [0.717, 1.165) is 17.4 Å². The molecule has 0 heterocycles. The van der Waals surface area contributed by atoms with E-state index in [1.165, 1.54) is 25.2 Å². The van der Waals surface area contributed by atoms with E-state index in [4.69, 9.17) is 0 Å². The number of nitrogens with zero attached hydrogens (tertiary/aromatic N) is 1. The fourth-order valence-corrected chi connectivity index (χ4v) is 2.18. The second kappa shape index (κ2) is 9.61. The van der Waals surface area contributed by atoms with E-state index in [1.807, 2.05) is 6.08 Å². The predicted molar refractivity (Wildman–Crippen MR) is 81.4 cm³/mol. The van der Waals surface area contributed by atoms with Gasteiger partial charge in [0.25, 0.3) is 0 Å². The summed E-state index contributed by atoms with van der Waals surface area (Å²) >= 11 is 0. The lowest BCUT2D eigenvalue weighted by atomic mass is 10.1. The Bertz CT molecular complexity index is 382. The van der Waals surface area contributed by atoms with Gasteiger partial charge in [0.05, 0.1) is 19.6 Å². The molecule has 1 nitrogen and oxygen atoms in total. The van der Waals surface area contributed by atoms with E-state index in [2.05, 4.69) is 50.8 Å². The van der Waals surface area contributed by atoms with Gasteiger partial charge in [-0.05, 0) is 13.8 Å². The minimum atomic E-state index is -6.00. The summed E-state index contributed by atoms with van der Waals surface area (Å²) in [5, 5.41) is 0. The minimum Gasteiger partial charge on any atom is -0.418 e. The first-order valence-corrected chi connectivity index (χ1v) is 7.13. The van der Waals surface area contributed by atoms with Crippen molar-refractivity contribution in [1.82, 2.24) is 0 Å².